The van der Waals surface area contributed by atoms with Crippen molar-refractivity contribution in [3.8, 4) is 34.8 Å². The van der Waals surface area contributed by atoms with E-state index < -0.39 is 0 Å². The van der Waals surface area contributed by atoms with Gasteiger partial charge < -0.3 is 20.5 Å². The highest BCUT2D eigenvalue weighted by molar-refractivity contribution is 8.00. The lowest BCUT2D eigenvalue weighted by molar-refractivity contribution is -0.113. The van der Waals surface area contributed by atoms with Crippen LogP contribution in [0.2, 0.25) is 0 Å². The van der Waals surface area contributed by atoms with Crippen LogP contribution in [0.3, 0.4) is 0 Å². The number of hydrogen-bond acceptors (Lipinski definition) is 8. The van der Waals surface area contributed by atoms with E-state index in [0.717, 1.165) is 28.6 Å². The molecule has 1 heterocycles. The second-order valence-electron chi connectivity index (χ2n) is 7.38. The summed E-state index contributed by atoms with van der Waals surface area (Å²) >= 11 is 1.08. The molecule has 2 aromatic carbocycles. The van der Waals surface area contributed by atoms with E-state index in [0.29, 0.717) is 22.6 Å². The van der Waals surface area contributed by atoms with E-state index >= 15 is 0 Å². The van der Waals surface area contributed by atoms with Gasteiger partial charge >= 0.3 is 0 Å². The predicted octanol–water partition coefficient (Wildman–Crippen LogP) is 4.44. The summed E-state index contributed by atoms with van der Waals surface area (Å²) in [6, 6.07) is 15.0. The molecule has 0 atom stereocenters. The number of nitrogen functional groups attached to an aromatic ring is 1. The molecular formula is C25H23N5O3S. The number of pyridine rings is 1. The van der Waals surface area contributed by atoms with E-state index in [1.54, 1.807) is 18.2 Å². The van der Waals surface area contributed by atoms with Gasteiger partial charge in [-0.05, 0) is 43.2 Å². The third-order valence-electron chi connectivity index (χ3n) is 5.08. The second-order valence-corrected chi connectivity index (χ2v) is 8.34. The van der Waals surface area contributed by atoms with Crippen molar-refractivity contribution in [1.82, 2.24) is 4.98 Å². The van der Waals surface area contributed by atoms with Gasteiger partial charge in [0.25, 0.3) is 0 Å². The van der Waals surface area contributed by atoms with Gasteiger partial charge in [-0.25, -0.2) is 4.98 Å². The number of thioether (sulfide) groups is 1. The first-order chi connectivity index (χ1) is 16.3. The summed E-state index contributed by atoms with van der Waals surface area (Å²) in [6.45, 7) is 3.90. The Kier molecular flexibility index (Phi) is 7.62. The Morgan fingerprint density at radius 3 is 2.38 bits per heavy atom. The van der Waals surface area contributed by atoms with Crippen LogP contribution in [0, 0.1) is 36.5 Å². The molecule has 0 radical (unpaired) electrons. The number of benzene rings is 2. The van der Waals surface area contributed by atoms with Crippen molar-refractivity contribution >= 4 is 29.2 Å². The number of nitriles is 2. The third kappa shape index (κ3) is 5.06. The molecule has 0 fully saturated rings. The van der Waals surface area contributed by atoms with Gasteiger partial charge in [-0.15, -0.1) is 0 Å². The maximum atomic E-state index is 12.6. The van der Waals surface area contributed by atoms with Crippen molar-refractivity contribution in [3.05, 3.63) is 58.7 Å². The predicted molar refractivity (Wildman–Crippen MR) is 132 cm³/mol. The van der Waals surface area contributed by atoms with Crippen LogP contribution < -0.4 is 20.5 Å². The molecule has 0 bridgehead atoms. The van der Waals surface area contributed by atoms with E-state index in [4.69, 9.17) is 15.2 Å². The molecule has 0 saturated carbocycles. The van der Waals surface area contributed by atoms with Gasteiger partial charge in [0.05, 0.1) is 25.5 Å². The van der Waals surface area contributed by atoms with Crippen LogP contribution in [0.25, 0.3) is 11.1 Å². The summed E-state index contributed by atoms with van der Waals surface area (Å²) in [4.78, 5) is 16.8. The highest BCUT2D eigenvalue weighted by Crippen LogP contribution is 2.39. The first-order valence-electron chi connectivity index (χ1n) is 10.2. The normalized spacial score (nSPS) is 10.2. The van der Waals surface area contributed by atoms with Crippen molar-refractivity contribution in [1.29, 1.82) is 10.5 Å². The molecule has 3 aromatic rings. The number of rotatable bonds is 7. The maximum absolute atomic E-state index is 12.6. The zero-order chi connectivity index (χ0) is 24.8. The molecule has 0 spiro atoms. The largest absolute Gasteiger partial charge is 0.493 e. The first-order valence-corrected chi connectivity index (χ1v) is 11.2. The van der Waals surface area contributed by atoms with Gasteiger partial charge in [0.15, 0.2) is 11.5 Å². The Balaban J connectivity index is 1.97. The number of aryl methyl sites for hydroxylation is 2. The number of aromatic nitrogens is 1. The molecule has 8 nitrogen and oxygen atoms in total. The van der Waals surface area contributed by atoms with E-state index in [2.05, 4.69) is 16.4 Å². The summed E-state index contributed by atoms with van der Waals surface area (Å²) in [5.74, 6) is 0.668. The van der Waals surface area contributed by atoms with E-state index in [9.17, 15) is 15.3 Å². The number of methoxy groups -OCH3 is 2. The molecule has 0 aliphatic carbocycles. The number of ether oxygens (including phenoxy) is 2. The van der Waals surface area contributed by atoms with Gasteiger partial charge in [0, 0.05) is 11.3 Å². The van der Waals surface area contributed by atoms with E-state index in [1.807, 2.05) is 38.1 Å². The quantitative estimate of drug-likeness (QED) is 0.481. The highest BCUT2D eigenvalue weighted by Gasteiger charge is 2.22. The van der Waals surface area contributed by atoms with Gasteiger partial charge in [0.1, 0.15) is 28.5 Å². The lowest BCUT2D eigenvalue weighted by Gasteiger charge is -2.15. The fraction of sp³-hybridized carbons (Fsp3) is 0.200. The van der Waals surface area contributed by atoms with Crippen molar-refractivity contribution in [2.24, 2.45) is 0 Å². The van der Waals surface area contributed by atoms with Crippen LogP contribution in [0.5, 0.6) is 11.5 Å². The first kappa shape index (κ1) is 24.4. The van der Waals surface area contributed by atoms with Crippen LogP contribution in [0.4, 0.5) is 11.5 Å². The number of amides is 1. The Morgan fingerprint density at radius 2 is 1.76 bits per heavy atom. The van der Waals surface area contributed by atoms with Crippen molar-refractivity contribution in [2.75, 3.05) is 31.0 Å². The van der Waals surface area contributed by atoms with Crippen molar-refractivity contribution in [3.63, 3.8) is 0 Å². The monoisotopic (exact) mass is 473 g/mol. The zero-order valence-corrected chi connectivity index (χ0v) is 20.0. The van der Waals surface area contributed by atoms with Crippen molar-refractivity contribution < 1.29 is 14.3 Å². The fourth-order valence-corrected chi connectivity index (χ4v) is 4.25. The van der Waals surface area contributed by atoms with Gasteiger partial charge in [-0.3, -0.25) is 4.79 Å². The van der Waals surface area contributed by atoms with Crippen LogP contribution in [0.15, 0.2) is 41.4 Å². The average molecular weight is 474 g/mol. The Morgan fingerprint density at radius 1 is 1.06 bits per heavy atom. The maximum Gasteiger partial charge on any atom is 0.234 e. The Hall–Kier alpha value is -4.21. The van der Waals surface area contributed by atoms with Crippen LogP contribution in [-0.2, 0) is 4.79 Å². The topological polar surface area (TPSA) is 134 Å². The summed E-state index contributed by atoms with van der Waals surface area (Å²) in [7, 11) is 3.01. The summed E-state index contributed by atoms with van der Waals surface area (Å²) in [6.07, 6.45) is 0. The molecule has 9 heteroatoms. The molecule has 0 aliphatic rings. The zero-order valence-electron chi connectivity index (χ0n) is 19.2. The second kappa shape index (κ2) is 10.6. The molecule has 172 valence electrons. The number of anilines is 2. The summed E-state index contributed by atoms with van der Waals surface area (Å²) in [5, 5.41) is 22.8. The number of carbonyl (C=O) groups excluding carboxylic acids is 1. The summed E-state index contributed by atoms with van der Waals surface area (Å²) in [5.41, 5.74) is 9.94. The fourth-order valence-electron chi connectivity index (χ4n) is 3.46. The number of nitrogens with one attached hydrogen (secondary N) is 1. The van der Waals surface area contributed by atoms with Crippen molar-refractivity contribution in [2.45, 2.75) is 18.9 Å². The molecule has 3 N–H and O–H groups in total. The standard InChI is InChI=1S/C25H23N5O3S/c1-14-5-7-19(15(2)9-14)29-22(31)13-34-25-18(12-27)23(17(11-26)24(28)30-25)16-6-8-20(32-3)21(10-16)33-4/h5-10H,13H2,1-4H3,(H2,28,30)(H,29,31). The molecule has 0 saturated heterocycles. The molecule has 1 amide bonds. The molecular weight excluding hydrogens is 450 g/mol. The lowest BCUT2D eigenvalue weighted by atomic mass is 9.96. The molecule has 34 heavy (non-hydrogen) atoms. The SMILES string of the molecule is COc1ccc(-c2c(C#N)c(N)nc(SCC(=O)Nc3ccc(C)cc3C)c2C#N)cc1OC. The number of nitrogens with zero attached hydrogens (tertiary/aromatic N) is 3. The number of nitrogens with two attached hydrogens (primary N) is 1. The Labute approximate surface area is 202 Å². The van der Waals surface area contributed by atoms with Crippen LogP contribution in [0.1, 0.15) is 22.3 Å². The molecule has 1 aromatic heterocycles. The smallest absolute Gasteiger partial charge is 0.234 e. The molecule has 0 unspecified atom stereocenters. The van der Waals surface area contributed by atoms with Gasteiger partial charge in [0.2, 0.25) is 5.91 Å². The Bertz CT molecular complexity index is 1340. The third-order valence-corrected chi connectivity index (χ3v) is 6.06. The van der Waals surface area contributed by atoms with Crippen LogP contribution >= 0.6 is 11.8 Å². The van der Waals surface area contributed by atoms with Gasteiger partial charge in [-0.1, -0.05) is 35.5 Å². The minimum atomic E-state index is -0.252. The van der Waals surface area contributed by atoms with E-state index in [-0.39, 0.29) is 33.6 Å². The lowest BCUT2D eigenvalue weighted by Crippen LogP contribution is -2.15. The highest BCUT2D eigenvalue weighted by atomic mass is 32.2. The van der Waals surface area contributed by atoms with Crippen LogP contribution in [-0.4, -0.2) is 30.9 Å². The number of carbonyl (C=O) groups is 1. The minimum Gasteiger partial charge on any atom is -0.493 e. The van der Waals surface area contributed by atoms with Gasteiger partial charge in [-0.2, -0.15) is 10.5 Å². The van der Waals surface area contributed by atoms with E-state index in [1.165, 1.54) is 14.2 Å². The average Bonchev–Trinajstić information content (AvgIpc) is 2.83. The molecule has 3 rings (SSSR count). The minimum absolute atomic E-state index is 0.00566. The molecule has 0 aliphatic heterocycles. The number of hydrogen-bond donors (Lipinski definition) is 2. The summed E-state index contributed by atoms with van der Waals surface area (Å²) < 4.78 is 10.6.